The fraction of sp³-hybridized carbons (Fsp3) is 0.280. The molecule has 2 aromatic carbocycles. The molecule has 4 rings (SSSR count). The van der Waals surface area contributed by atoms with Crippen molar-refractivity contribution in [2.75, 3.05) is 25.5 Å². The van der Waals surface area contributed by atoms with Crippen LogP contribution in [0.15, 0.2) is 60.7 Å². The number of anilines is 1. The number of piperidine rings is 1. The van der Waals surface area contributed by atoms with Crippen LogP contribution in [-0.4, -0.2) is 36.9 Å². The van der Waals surface area contributed by atoms with Crippen molar-refractivity contribution in [1.82, 2.24) is 4.90 Å². The van der Waals surface area contributed by atoms with E-state index >= 15 is 0 Å². The molecule has 6 nitrogen and oxygen atoms in total. The number of primary amides is 1. The molecule has 32 heavy (non-hydrogen) atoms. The molecule has 1 aromatic heterocycles. The van der Waals surface area contributed by atoms with Gasteiger partial charge in [-0.2, -0.15) is 0 Å². The molecule has 0 aliphatic carbocycles. The number of likely N-dealkylation sites (tertiary alicyclic amines) is 1. The predicted molar refractivity (Wildman–Crippen MR) is 128 cm³/mol. The van der Waals surface area contributed by atoms with Gasteiger partial charge in [-0.3, -0.25) is 14.5 Å². The standard InChI is InChI=1S/C25H27N3O3S/c1-31-21-15-22(18-7-3-2-4-8-18)32-23(21)25(30)27-20-9-5-6-17(14-20)16-28-12-10-19(11-13-28)24(26)29/h2-9,14-15,19H,10-13,16H2,1H3,(H2,26,29)(H,27,30). The molecule has 2 heterocycles. The fourth-order valence-corrected chi connectivity index (χ4v) is 5.02. The van der Waals surface area contributed by atoms with E-state index in [2.05, 4.69) is 16.3 Å². The summed E-state index contributed by atoms with van der Waals surface area (Å²) in [7, 11) is 1.58. The van der Waals surface area contributed by atoms with Crippen molar-refractivity contribution in [3.05, 3.63) is 71.1 Å². The molecule has 3 aromatic rings. The number of benzene rings is 2. The maximum atomic E-state index is 13.0. The quantitative estimate of drug-likeness (QED) is 0.561. The molecule has 0 unspecified atom stereocenters. The van der Waals surface area contributed by atoms with Gasteiger partial charge in [-0.1, -0.05) is 42.5 Å². The third-order valence-electron chi connectivity index (χ3n) is 5.76. The highest BCUT2D eigenvalue weighted by Gasteiger charge is 2.23. The van der Waals surface area contributed by atoms with Crippen LogP contribution < -0.4 is 15.8 Å². The van der Waals surface area contributed by atoms with E-state index in [1.165, 1.54) is 11.3 Å². The molecule has 0 bridgehead atoms. The van der Waals surface area contributed by atoms with E-state index in [1.54, 1.807) is 7.11 Å². The van der Waals surface area contributed by atoms with Crippen LogP contribution in [0, 0.1) is 5.92 Å². The first kappa shape index (κ1) is 22.0. The lowest BCUT2D eigenvalue weighted by molar-refractivity contribution is -0.123. The monoisotopic (exact) mass is 449 g/mol. The first-order chi connectivity index (χ1) is 15.5. The van der Waals surface area contributed by atoms with Gasteiger partial charge < -0.3 is 15.8 Å². The Morgan fingerprint density at radius 2 is 1.84 bits per heavy atom. The minimum Gasteiger partial charge on any atom is -0.495 e. The highest BCUT2D eigenvalue weighted by molar-refractivity contribution is 7.17. The van der Waals surface area contributed by atoms with Crippen LogP contribution in [0.3, 0.4) is 0 Å². The number of hydrogen-bond donors (Lipinski definition) is 2. The lowest BCUT2D eigenvalue weighted by atomic mass is 9.96. The van der Waals surface area contributed by atoms with Crippen LogP contribution in [0.25, 0.3) is 10.4 Å². The van der Waals surface area contributed by atoms with Crippen LogP contribution >= 0.6 is 11.3 Å². The lowest BCUT2D eigenvalue weighted by Gasteiger charge is -2.30. The molecule has 1 aliphatic heterocycles. The average molecular weight is 450 g/mol. The zero-order chi connectivity index (χ0) is 22.5. The Balaban J connectivity index is 1.43. The van der Waals surface area contributed by atoms with Gasteiger partial charge in [0.25, 0.3) is 5.91 Å². The summed E-state index contributed by atoms with van der Waals surface area (Å²) in [5.41, 5.74) is 8.34. The Labute approximate surface area is 192 Å². The number of nitrogens with one attached hydrogen (secondary N) is 1. The van der Waals surface area contributed by atoms with Crippen LogP contribution in [0.5, 0.6) is 5.75 Å². The lowest BCUT2D eigenvalue weighted by Crippen LogP contribution is -2.38. The second-order valence-electron chi connectivity index (χ2n) is 7.98. The smallest absolute Gasteiger partial charge is 0.269 e. The molecule has 1 saturated heterocycles. The Kier molecular flexibility index (Phi) is 6.87. The largest absolute Gasteiger partial charge is 0.495 e. The van der Waals surface area contributed by atoms with E-state index in [4.69, 9.17) is 10.5 Å². The molecular weight excluding hydrogens is 422 g/mol. The van der Waals surface area contributed by atoms with Crippen LogP contribution in [-0.2, 0) is 11.3 Å². The highest BCUT2D eigenvalue weighted by Crippen LogP contribution is 2.36. The van der Waals surface area contributed by atoms with Crippen LogP contribution in [0.2, 0.25) is 0 Å². The number of amides is 2. The molecule has 1 fully saturated rings. The number of rotatable bonds is 7. The maximum absolute atomic E-state index is 13.0. The first-order valence-electron chi connectivity index (χ1n) is 10.7. The van der Waals surface area contributed by atoms with Crippen molar-refractivity contribution in [3.63, 3.8) is 0 Å². The molecule has 7 heteroatoms. The zero-order valence-electron chi connectivity index (χ0n) is 18.0. The second kappa shape index (κ2) is 9.97. The third-order valence-corrected chi connectivity index (χ3v) is 6.93. The number of carbonyl (C=O) groups is 2. The van der Waals surface area contributed by atoms with E-state index in [9.17, 15) is 9.59 Å². The number of thiophene rings is 1. The Morgan fingerprint density at radius 1 is 1.09 bits per heavy atom. The molecule has 3 N–H and O–H groups in total. The molecule has 0 radical (unpaired) electrons. The van der Waals surface area contributed by atoms with Gasteiger partial charge in [0, 0.05) is 23.0 Å². The van der Waals surface area contributed by atoms with Gasteiger partial charge in [-0.25, -0.2) is 0 Å². The summed E-state index contributed by atoms with van der Waals surface area (Å²) < 4.78 is 5.47. The number of nitrogens with zero attached hydrogens (tertiary/aromatic N) is 1. The molecule has 0 atom stereocenters. The summed E-state index contributed by atoms with van der Waals surface area (Å²) >= 11 is 1.42. The summed E-state index contributed by atoms with van der Waals surface area (Å²) in [5, 5.41) is 3.01. The van der Waals surface area contributed by atoms with Crippen molar-refractivity contribution >= 4 is 28.8 Å². The fourth-order valence-electron chi connectivity index (χ4n) is 4.00. The predicted octanol–water partition coefficient (Wildman–Crippen LogP) is 4.37. The van der Waals surface area contributed by atoms with E-state index in [0.29, 0.717) is 10.6 Å². The topological polar surface area (TPSA) is 84.7 Å². The van der Waals surface area contributed by atoms with Crippen molar-refractivity contribution in [1.29, 1.82) is 0 Å². The Bertz CT molecular complexity index is 1090. The number of nitrogens with two attached hydrogens (primary N) is 1. The molecule has 0 spiro atoms. The SMILES string of the molecule is COc1cc(-c2ccccc2)sc1C(=O)Nc1cccc(CN2CCC(C(N)=O)CC2)c1. The van der Waals surface area contributed by atoms with Gasteiger partial charge in [0.05, 0.1) is 7.11 Å². The minimum absolute atomic E-state index is 0.0153. The maximum Gasteiger partial charge on any atom is 0.269 e. The van der Waals surface area contributed by atoms with E-state index < -0.39 is 0 Å². The summed E-state index contributed by atoms with van der Waals surface area (Å²) in [6.07, 6.45) is 1.60. The molecule has 2 amide bonds. The van der Waals surface area contributed by atoms with Gasteiger partial charge in [0.1, 0.15) is 10.6 Å². The number of hydrogen-bond acceptors (Lipinski definition) is 5. The van der Waals surface area contributed by atoms with Crippen molar-refractivity contribution in [3.8, 4) is 16.2 Å². The average Bonchev–Trinajstić information content (AvgIpc) is 3.25. The molecule has 1 aliphatic rings. The molecule has 0 saturated carbocycles. The van der Waals surface area contributed by atoms with E-state index in [-0.39, 0.29) is 17.7 Å². The minimum atomic E-state index is -0.200. The van der Waals surface area contributed by atoms with Crippen molar-refractivity contribution < 1.29 is 14.3 Å². The number of ether oxygens (including phenoxy) is 1. The summed E-state index contributed by atoms with van der Waals surface area (Å²) in [6, 6.07) is 19.7. The summed E-state index contributed by atoms with van der Waals surface area (Å²) in [5.74, 6) is 0.167. The second-order valence-corrected chi connectivity index (χ2v) is 9.03. The summed E-state index contributed by atoms with van der Waals surface area (Å²) in [4.78, 5) is 28.2. The van der Waals surface area contributed by atoms with E-state index in [1.807, 2.05) is 54.6 Å². The van der Waals surface area contributed by atoms with Gasteiger partial charge in [0.15, 0.2) is 0 Å². The third kappa shape index (κ3) is 5.18. The van der Waals surface area contributed by atoms with Gasteiger partial charge in [-0.15, -0.1) is 11.3 Å². The normalized spacial score (nSPS) is 14.8. The van der Waals surface area contributed by atoms with Gasteiger partial charge >= 0.3 is 0 Å². The van der Waals surface area contributed by atoms with Gasteiger partial charge in [-0.05, 0) is 55.3 Å². The number of methoxy groups -OCH3 is 1. The molecule has 166 valence electrons. The Hall–Kier alpha value is -3.16. The van der Waals surface area contributed by atoms with Crippen LogP contribution in [0.1, 0.15) is 28.1 Å². The number of carbonyl (C=O) groups excluding carboxylic acids is 2. The summed E-state index contributed by atoms with van der Waals surface area (Å²) in [6.45, 7) is 2.47. The first-order valence-corrected chi connectivity index (χ1v) is 11.5. The van der Waals surface area contributed by atoms with Crippen molar-refractivity contribution in [2.24, 2.45) is 11.7 Å². The Morgan fingerprint density at radius 3 is 2.53 bits per heavy atom. The van der Waals surface area contributed by atoms with Crippen molar-refractivity contribution in [2.45, 2.75) is 19.4 Å². The van der Waals surface area contributed by atoms with Crippen LogP contribution in [0.4, 0.5) is 5.69 Å². The molecular formula is C25H27N3O3S. The highest BCUT2D eigenvalue weighted by atomic mass is 32.1. The van der Waals surface area contributed by atoms with E-state index in [0.717, 1.165) is 54.2 Å². The van der Waals surface area contributed by atoms with Gasteiger partial charge in [0.2, 0.25) is 5.91 Å². The zero-order valence-corrected chi connectivity index (χ0v) is 18.9.